The standard InChI is InChI=1S/C29H28N6/c1-34-32-29(31-33-34)24-14-15-27-25(18-24)19-26(22-8-4-2-5-9-22)28(30-27)23-12-10-21(11-13-23)20-35-16-6-3-7-17-35/h2,4-5,8-15,18-19H,3,6-7,16-17,20H2,1H3. The molecule has 0 N–H and O–H groups in total. The summed E-state index contributed by atoms with van der Waals surface area (Å²) in [5.41, 5.74) is 7.64. The van der Waals surface area contributed by atoms with Crippen molar-refractivity contribution in [3.8, 4) is 33.8 Å². The summed E-state index contributed by atoms with van der Waals surface area (Å²) < 4.78 is 0. The molecule has 1 fully saturated rings. The number of likely N-dealkylation sites (tertiary alicyclic amines) is 1. The number of tetrazole rings is 1. The van der Waals surface area contributed by atoms with E-state index in [1.807, 2.05) is 18.2 Å². The Morgan fingerprint density at radius 3 is 2.29 bits per heavy atom. The van der Waals surface area contributed by atoms with E-state index in [0.717, 1.165) is 45.4 Å². The molecule has 6 rings (SSSR count). The quantitative estimate of drug-likeness (QED) is 0.334. The van der Waals surface area contributed by atoms with Crippen molar-refractivity contribution in [1.29, 1.82) is 0 Å². The van der Waals surface area contributed by atoms with Gasteiger partial charge in [-0.25, -0.2) is 4.98 Å². The summed E-state index contributed by atoms with van der Waals surface area (Å²) in [4.78, 5) is 9.17. The molecule has 0 spiro atoms. The molecule has 1 aliphatic heterocycles. The van der Waals surface area contributed by atoms with Crippen LogP contribution >= 0.6 is 0 Å². The van der Waals surface area contributed by atoms with Gasteiger partial charge in [0, 0.05) is 28.6 Å². The minimum Gasteiger partial charge on any atom is -0.299 e. The monoisotopic (exact) mass is 460 g/mol. The summed E-state index contributed by atoms with van der Waals surface area (Å²) in [5, 5.41) is 13.5. The van der Waals surface area contributed by atoms with Crippen molar-refractivity contribution in [2.24, 2.45) is 7.05 Å². The van der Waals surface area contributed by atoms with Crippen molar-refractivity contribution < 1.29 is 0 Å². The van der Waals surface area contributed by atoms with E-state index in [4.69, 9.17) is 4.98 Å². The highest BCUT2D eigenvalue weighted by molar-refractivity contribution is 5.93. The lowest BCUT2D eigenvalue weighted by Crippen LogP contribution is -2.28. The Balaban J connectivity index is 1.40. The van der Waals surface area contributed by atoms with Gasteiger partial charge in [0.1, 0.15) is 0 Å². The van der Waals surface area contributed by atoms with Crippen molar-refractivity contribution in [2.45, 2.75) is 25.8 Å². The van der Waals surface area contributed by atoms with E-state index in [9.17, 15) is 0 Å². The first-order chi connectivity index (χ1) is 17.2. The fraction of sp³-hybridized carbons (Fsp3) is 0.241. The van der Waals surface area contributed by atoms with E-state index in [1.54, 1.807) is 7.05 Å². The summed E-state index contributed by atoms with van der Waals surface area (Å²) in [7, 11) is 1.77. The first-order valence-corrected chi connectivity index (χ1v) is 12.3. The molecule has 2 aromatic heterocycles. The van der Waals surface area contributed by atoms with Gasteiger partial charge in [-0.1, -0.05) is 61.0 Å². The topological polar surface area (TPSA) is 59.7 Å². The third-order valence-corrected chi connectivity index (χ3v) is 6.75. The molecule has 6 nitrogen and oxygen atoms in total. The molecule has 1 aliphatic rings. The van der Waals surface area contributed by atoms with Crippen LogP contribution in [0.1, 0.15) is 24.8 Å². The average Bonchev–Trinajstić information content (AvgIpc) is 3.35. The number of aryl methyl sites for hydroxylation is 1. The zero-order chi connectivity index (χ0) is 23.6. The lowest BCUT2D eigenvalue weighted by atomic mass is 9.96. The van der Waals surface area contributed by atoms with Gasteiger partial charge in [0.25, 0.3) is 0 Å². The number of benzene rings is 3. The first-order valence-electron chi connectivity index (χ1n) is 12.3. The number of hydrogen-bond acceptors (Lipinski definition) is 5. The zero-order valence-electron chi connectivity index (χ0n) is 19.9. The van der Waals surface area contributed by atoms with Crippen LogP contribution in [0.25, 0.3) is 44.7 Å². The number of fused-ring (bicyclic) bond motifs is 1. The molecule has 1 saturated heterocycles. The van der Waals surface area contributed by atoms with Gasteiger partial charge in [0.05, 0.1) is 18.3 Å². The third-order valence-electron chi connectivity index (χ3n) is 6.75. The Morgan fingerprint density at radius 1 is 0.771 bits per heavy atom. The van der Waals surface area contributed by atoms with Gasteiger partial charge in [-0.05, 0) is 66.5 Å². The smallest absolute Gasteiger partial charge is 0.204 e. The number of piperidine rings is 1. The molecule has 0 atom stereocenters. The van der Waals surface area contributed by atoms with E-state index in [1.165, 1.54) is 42.7 Å². The maximum atomic E-state index is 5.14. The molecule has 174 valence electrons. The molecule has 6 heteroatoms. The van der Waals surface area contributed by atoms with Crippen LogP contribution in [0.3, 0.4) is 0 Å². The summed E-state index contributed by atoms with van der Waals surface area (Å²) in [6, 6.07) is 27.8. The van der Waals surface area contributed by atoms with E-state index < -0.39 is 0 Å². The number of hydrogen-bond donors (Lipinski definition) is 0. The van der Waals surface area contributed by atoms with E-state index in [0.29, 0.717) is 5.82 Å². The van der Waals surface area contributed by atoms with Crippen LogP contribution in [0, 0.1) is 0 Å². The molecular formula is C29H28N6. The lowest BCUT2D eigenvalue weighted by Gasteiger charge is -2.26. The highest BCUT2D eigenvalue weighted by atomic mass is 15.6. The molecule has 35 heavy (non-hydrogen) atoms. The predicted molar refractivity (Wildman–Crippen MR) is 140 cm³/mol. The zero-order valence-corrected chi connectivity index (χ0v) is 19.9. The Labute approximate surface area is 205 Å². The summed E-state index contributed by atoms with van der Waals surface area (Å²) in [6.07, 6.45) is 3.99. The van der Waals surface area contributed by atoms with Crippen LogP contribution in [0.5, 0.6) is 0 Å². The molecule has 0 saturated carbocycles. The molecule has 3 heterocycles. The van der Waals surface area contributed by atoms with Crippen LogP contribution in [-0.2, 0) is 13.6 Å². The minimum atomic E-state index is 0.615. The summed E-state index contributed by atoms with van der Waals surface area (Å²) >= 11 is 0. The van der Waals surface area contributed by atoms with Crippen LogP contribution in [0.4, 0.5) is 0 Å². The van der Waals surface area contributed by atoms with Crippen LogP contribution < -0.4 is 0 Å². The van der Waals surface area contributed by atoms with Gasteiger partial charge < -0.3 is 0 Å². The number of rotatable bonds is 5. The van der Waals surface area contributed by atoms with Crippen molar-refractivity contribution in [3.05, 3.63) is 84.4 Å². The van der Waals surface area contributed by atoms with Gasteiger partial charge in [-0.3, -0.25) is 4.90 Å². The van der Waals surface area contributed by atoms with Crippen LogP contribution in [0.15, 0.2) is 78.9 Å². The molecule has 0 unspecified atom stereocenters. The molecule has 0 radical (unpaired) electrons. The molecule has 0 amide bonds. The van der Waals surface area contributed by atoms with Gasteiger partial charge in [-0.15, -0.1) is 10.2 Å². The van der Waals surface area contributed by atoms with Gasteiger partial charge in [0.2, 0.25) is 5.82 Å². The van der Waals surface area contributed by atoms with Crippen molar-refractivity contribution >= 4 is 10.9 Å². The summed E-state index contributed by atoms with van der Waals surface area (Å²) in [5.74, 6) is 0.615. The molecular weight excluding hydrogens is 432 g/mol. The fourth-order valence-corrected chi connectivity index (χ4v) is 4.92. The van der Waals surface area contributed by atoms with Crippen LogP contribution in [0.2, 0.25) is 0 Å². The van der Waals surface area contributed by atoms with Gasteiger partial charge >= 0.3 is 0 Å². The minimum absolute atomic E-state index is 0.615. The Morgan fingerprint density at radius 2 is 1.54 bits per heavy atom. The van der Waals surface area contributed by atoms with Gasteiger partial charge in [0.15, 0.2) is 0 Å². The Bertz CT molecular complexity index is 1450. The average molecular weight is 461 g/mol. The largest absolute Gasteiger partial charge is 0.299 e. The number of aromatic nitrogens is 5. The highest BCUT2D eigenvalue weighted by Crippen LogP contribution is 2.34. The first kappa shape index (κ1) is 21.6. The third kappa shape index (κ3) is 4.57. The number of pyridine rings is 1. The van der Waals surface area contributed by atoms with Crippen LogP contribution in [-0.4, -0.2) is 43.2 Å². The normalized spacial score (nSPS) is 14.4. The Kier molecular flexibility index (Phi) is 5.80. The maximum absolute atomic E-state index is 5.14. The number of nitrogens with zero attached hydrogens (tertiary/aromatic N) is 6. The second kappa shape index (κ2) is 9.39. The second-order valence-electron chi connectivity index (χ2n) is 9.29. The van der Waals surface area contributed by atoms with E-state index in [-0.39, 0.29) is 0 Å². The highest BCUT2D eigenvalue weighted by Gasteiger charge is 2.14. The maximum Gasteiger partial charge on any atom is 0.204 e. The molecule has 0 aliphatic carbocycles. The second-order valence-corrected chi connectivity index (χ2v) is 9.29. The van der Waals surface area contributed by atoms with Crippen molar-refractivity contribution in [1.82, 2.24) is 30.1 Å². The molecule has 3 aromatic carbocycles. The summed E-state index contributed by atoms with van der Waals surface area (Å²) in [6.45, 7) is 3.44. The predicted octanol–water partition coefficient (Wildman–Crippen LogP) is 5.75. The lowest BCUT2D eigenvalue weighted by molar-refractivity contribution is 0.221. The van der Waals surface area contributed by atoms with Crippen molar-refractivity contribution in [2.75, 3.05) is 13.1 Å². The Hall–Kier alpha value is -3.90. The SMILES string of the molecule is Cn1nnc(-c2ccc3nc(-c4ccc(CN5CCCCC5)cc4)c(-c4ccccc4)cc3c2)n1. The van der Waals surface area contributed by atoms with E-state index in [2.05, 4.69) is 81.0 Å². The molecule has 0 bridgehead atoms. The van der Waals surface area contributed by atoms with E-state index >= 15 is 0 Å². The molecule has 5 aromatic rings. The van der Waals surface area contributed by atoms with Crippen molar-refractivity contribution in [3.63, 3.8) is 0 Å². The fourth-order valence-electron chi connectivity index (χ4n) is 4.92. The van der Waals surface area contributed by atoms with Gasteiger partial charge in [-0.2, -0.15) is 4.80 Å².